The number of hydrogen-bond acceptors (Lipinski definition) is 5. The molecule has 0 fully saturated rings. The molecule has 4 rings (SSSR count). The third kappa shape index (κ3) is 2.26. The van der Waals surface area contributed by atoms with Crippen LogP contribution in [-0.2, 0) is 6.54 Å². The van der Waals surface area contributed by atoms with E-state index in [1.54, 1.807) is 6.92 Å². The van der Waals surface area contributed by atoms with Crippen molar-refractivity contribution in [2.75, 3.05) is 0 Å². The predicted molar refractivity (Wildman–Crippen MR) is 86.8 cm³/mol. The Hall–Kier alpha value is -3.35. The average Bonchev–Trinajstić information content (AvgIpc) is 3.13. The summed E-state index contributed by atoms with van der Waals surface area (Å²) in [5, 5.41) is 3.86. The topological polar surface area (TPSA) is 101 Å². The summed E-state index contributed by atoms with van der Waals surface area (Å²) in [5.74, 6) is 0.559. The third-order valence-corrected chi connectivity index (χ3v) is 3.80. The van der Waals surface area contributed by atoms with Crippen LogP contribution in [0.1, 0.15) is 21.9 Å². The number of para-hydroxylation sites is 1. The Kier molecular flexibility index (Phi) is 3.19. The molecule has 0 saturated carbocycles. The van der Waals surface area contributed by atoms with Crippen molar-refractivity contribution >= 4 is 28.0 Å². The molecule has 3 heterocycles. The molecule has 0 saturated heterocycles. The SMILES string of the molecule is Cc1oc2nc[nH]c(=O)c2c1C(=O)NCc1cc2ccccc2o1. The maximum absolute atomic E-state index is 12.5. The lowest BCUT2D eigenvalue weighted by molar-refractivity contribution is 0.0948. The van der Waals surface area contributed by atoms with E-state index in [0.717, 1.165) is 11.0 Å². The molecule has 3 aromatic heterocycles. The Labute approximate surface area is 135 Å². The molecule has 0 bridgehead atoms. The first-order valence-corrected chi connectivity index (χ1v) is 7.36. The molecule has 120 valence electrons. The molecule has 0 spiro atoms. The van der Waals surface area contributed by atoms with Gasteiger partial charge in [0, 0.05) is 5.39 Å². The molecule has 1 amide bonds. The molecule has 7 nitrogen and oxygen atoms in total. The van der Waals surface area contributed by atoms with Gasteiger partial charge in [-0.1, -0.05) is 18.2 Å². The minimum absolute atomic E-state index is 0.144. The van der Waals surface area contributed by atoms with E-state index in [1.807, 2.05) is 30.3 Å². The Morgan fingerprint density at radius 2 is 2.12 bits per heavy atom. The fraction of sp³-hybridized carbons (Fsp3) is 0.118. The van der Waals surface area contributed by atoms with E-state index >= 15 is 0 Å². The van der Waals surface area contributed by atoms with Crippen LogP contribution in [-0.4, -0.2) is 15.9 Å². The Morgan fingerprint density at radius 1 is 1.29 bits per heavy atom. The first kappa shape index (κ1) is 14.3. The highest BCUT2D eigenvalue weighted by Crippen LogP contribution is 2.21. The summed E-state index contributed by atoms with van der Waals surface area (Å²) in [6.45, 7) is 1.83. The van der Waals surface area contributed by atoms with Crippen LogP contribution >= 0.6 is 0 Å². The first-order valence-electron chi connectivity index (χ1n) is 7.36. The van der Waals surface area contributed by atoms with Crippen LogP contribution in [0.15, 0.2) is 50.3 Å². The molecule has 24 heavy (non-hydrogen) atoms. The Balaban J connectivity index is 1.63. The smallest absolute Gasteiger partial charge is 0.262 e. The van der Waals surface area contributed by atoms with Gasteiger partial charge < -0.3 is 19.1 Å². The fourth-order valence-electron chi connectivity index (χ4n) is 2.71. The minimum atomic E-state index is -0.412. The van der Waals surface area contributed by atoms with Crippen molar-refractivity contribution in [3.8, 4) is 0 Å². The molecule has 7 heteroatoms. The highest BCUT2D eigenvalue weighted by Gasteiger charge is 2.21. The summed E-state index contributed by atoms with van der Waals surface area (Å²) in [5.41, 5.74) is 0.679. The van der Waals surface area contributed by atoms with Crippen molar-refractivity contribution in [2.45, 2.75) is 13.5 Å². The molecule has 0 aliphatic carbocycles. The predicted octanol–water partition coefficient (Wildman–Crippen LogP) is 2.50. The van der Waals surface area contributed by atoms with Gasteiger partial charge in [-0.05, 0) is 19.1 Å². The lowest BCUT2D eigenvalue weighted by Gasteiger charge is -2.02. The molecule has 0 atom stereocenters. The number of H-pyrrole nitrogens is 1. The molecule has 2 N–H and O–H groups in total. The molecule has 0 unspecified atom stereocenters. The fourth-order valence-corrected chi connectivity index (χ4v) is 2.71. The molecule has 0 radical (unpaired) electrons. The minimum Gasteiger partial charge on any atom is -0.459 e. The maximum Gasteiger partial charge on any atom is 0.262 e. The lowest BCUT2D eigenvalue weighted by atomic mass is 10.2. The van der Waals surface area contributed by atoms with E-state index in [4.69, 9.17) is 8.83 Å². The van der Waals surface area contributed by atoms with Gasteiger partial charge in [0.05, 0.1) is 18.4 Å². The number of aryl methyl sites for hydroxylation is 1. The summed E-state index contributed by atoms with van der Waals surface area (Å²) in [4.78, 5) is 30.8. The largest absolute Gasteiger partial charge is 0.459 e. The van der Waals surface area contributed by atoms with Gasteiger partial charge in [0.2, 0.25) is 5.71 Å². The van der Waals surface area contributed by atoms with Crippen molar-refractivity contribution in [1.82, 2.24) is 15.3 Å². The maximum atomic E-state index is 12.5. The summed E-state index contributed by atoms with van der Waals surface area (Å²) < 4.78 is 11.0. The van der Waals surface area contributed by atoms with Crippen molar-refractivity contribution in [3.63, 3.8) is 0 Å². The Morgan fingerprint density at radius 3 is 2.96 bits per heavy atom. The Bertz CT molecular complexity index is 1090. The number of rotatable bonds is 3. The van der Waals surface area contributed by atoms with Gasteiger partial charge in [-0.25, -0.2) is 4.98 Å². The second kappa shape index (κ2) is 5.38. The van der Waals surface area contributed by atoms with Crippen molar-refractivity contribution in [1.29, 1.82) is 0 Å². The van der Waals surface area contributed by atoms with Gasteiger partial charge >= 0.3 is 0 Å². The lowest BCUT2D eigenvalue weighted by Crippen LogP contribution is -2.24. The van der Waals surface area contributed by atoms with E-state index in [9.17, 15) is 9.59 Å². The average molecular weight is 323 g/mol. The number of nitrogens with one attached hydrogen (secondary N) is 2. The standard InChI is InChI=1S/C17H13N3O4/c1-9-13(14-16(22)19-8-20-17(14)23-9)15(21)18-7-11-6-10-4-2-3-5-12(10)24-11/h2-6,8H,7H2,1H3,(H,18,21)(H,19,20,22). The van der Waals surface area contributed by atoms with Crippen LogP contribution in [0.4, 0.5) is 0 Å². The van der Waals surface area contributed by atoms with E-state index in [-0.39, 0.29) is 23.2 Å². The van der Waals surface area contributed by atoms with Crippen LogP contribution in [0.2, 0.25) is 0 Å². The van der Waals surface area contributed by atoms with Gasteiger partial charge in [-0.2, -0.15) is 0 Å². The number of carbonyl (C=O) groups is 1. The molecule has 1 aromatic carbocycles. The number of carbonyl (C=O) groups excluding carboxylic acids is 1. The number of hydrogen-bond donors (Lipinski definition) is 2. The monoisotopic (exact) mass is 323 g/mol. The molecule has 0 aliphatic rings. The molecule has 4 aromatic rings. The summed E-state index contributed by atoms with van der Waals surface area (Å²) in [7, 11) is 0. The van der Waals surface area contributed by atoms with Crippen LogP contribution in [0.25, 0.3) is 22.1 Å². The van der Waals surface area contributed by atoms with E-state index in [0.29, 0.717) is 11.5 Å². The molecular formula is C17H13N3O4. The van der Waals surface area contributed by atoms with Crippen LogP contribution < -0.4 is 10.9 Å². The first-order chi connectivity index (χ1) is 11.6. The molecule has 0 aliphatic heterocycles. The van der Waals surface area contributed by atoms with Gasteiger partial charge in [0.15, 0.2) is 0 Å². The van der Waals surface area contributed by atoms with Gasteiger partial charge in [-0.15, -0.1) is 0 Å². The number of benzene rings is 1. The number of nitrogens with zero attached hydrogens (tertiary/aromatic N) is 1. The zero-order valence-electron chi connectivity index (χ0n) is 12.8. The van der Waals surface area contributed by atoms with Gasteiger partial charge in [0.1, 0.15) is 22.5 Å². The van der Waals surface area contributed by atoms with Crippen LogP contribution in [0, 0.1) is 6.92 Å². The number of amides is 1. The number of fused-ring (bicyclic) bond motifs is 2. The highest BCUT2D eigenvalue weighted by molar-refractivity contribution is 6.06. The van der Waals surface area contributed by atoms with Gasteiger partial charge in [0.25, 0.3) is 11.5 Å². The second-order valence-corrected chi connectivity index (χ2v) is 5.38. The van der Waals surface area contributed by atoms with E-state index in [1.165, 1.54) is 6.33 Å². The van der Waals surface area contributed by atoms with Crippen molar-refractivity contribution in [2.24, 2.45) is 0 Å². The number of aromatic nitrogens is 2. The third-order valence-electron chi connectivity index (χ3n) is 3.80. The van der Waals surface area contributed by atoms with Crippen molar-refractivity contribution < 1.29 is 13.6 Å². The summed E-state index contributed by atoms with van der Waals surface area (Å²) in [6, 6.07) is 9.46. The van der Waals surface area contributed by atoms with Crippen molar-refractivity contribution in [3.05, 3.63) is 64.1 Å². The zero-order chi connectivity index (χ0) is 16.7. The van der Waals surface area contributed by atoms with Crippen LogP contribution in [0.3, 0.4) is 0 Å². The highest BCUT2D eigenvalue weighted by atomic mass is 16.3. The van der Waals surface area contributed by atoms with E-state index in [2.05, 4.69) is 15.3 Å². The zero-order valence-corrected chi connectivity index (χ0v) is 12.8. The molecular weight excluding hydrogens is 310 g/mol. The summed E-state index contributed by atoms with van der Waals surface area (Å²) in [6.07, 6.45) is 1.24. The normalized spacial score (nSPS) is 11.2. The number of aromatic amines is 1. The second-order valence-electron chi connectivity index (χ2n) is 5.38. The summed E-state index contributed by atoms with van der Waals surface area (Å²) >= 11 is 0. The van der Waals surface area contributed by atoms with Gasteiger partial charge in [-0.3, -0.25) is 9.59 Å². The van der Waals surface area contributed by atoms with Crippen LogP contribution in [0.5, 0.6) is 0 Å². The quantitative estimate of drug-likeness (QED) is 0.603. The van der Waals surface area contributed by atoms with E-state index < -0.39 is 11.5 Å². The number of furan rings is 2.